The number of carbonyl (C=O) groups is 2. The molecule has 9 atom stereocenters. The van der Waals surface area contributed by atoms with E-state index in [-0.39, 0.29) is 23.4 Å². The second-order valence-corrected chi connectivity index (χ2v) is 11.4. The normalized spacial score (nSPS) is 44.6. The van der Waals surface area contributed by atoms with Crippen LogP contribution >= 0.6 is 0 Å². The first-order chi connectivity index (χ1) is 15.7. The van der Waals surface area contributed by atoms with E-state index in [1.807, 2.05) is 6.92 Å². The van der Waals surface area contributed by atoms with Gasteiger partial charge in [0.25, 0.3) is 0 Å². The zero-order chi connectivity index (χ0) is 25.3. The molecule has 1 unspecified atom stereocenters. The van der Waals surface area contributed by atoms with Crippen molar-refractivity contribution in [2.24, 2.45) is 34.3 Å². The van der Waals surface area contributed by atoms with Crippen LogP contribution in [-0.2, 0) is 23.7 Å². The molecule has 0 aromatic carbocycles. The molecule has 9 nitrogen and oxygen atoms in total. The van der Waals surface area contributed by atoms with E-state index in [0.29, 0.717) is 18.9 Å². The average molecular weight is 488 g/mol. The van der Waals surface area contributed by atoms with Gasteiger partial charge in [-0.05, 0) is 43.4 Å². The predicted octanol–water partition coefficient (Wildman–Crippen LogP) is 2.41. The molecule has 0 amide bonds. The quantitative estimate of drug-likeness (QED) is 0.348. The summed E-state index contributed by atoms with van der Waals surface area (Å²) in [6.07, 6.45) is -2.15. The average Bonchev–Trinajstić information content (AvgIpc) is 3.03. The fourth-order valence-electron chi connectivity index (χ4n) is 7.03. The van der Waals surface area contributed by atoms with Crippen LogP contribution in [0, 0.1) is 28.6 Å². The maximum absolute atomic E-state index is 15.1. The van der Waals surface area contributed by atoms with Crippen molar-refractivity contribution in [1.82, 2.24) is 0 Å². The lowest BCUT2D eigenvalue weighted by atomic mass is 9.70. The van der Waals surface area contributed by atoms with Gasteiger partial charge in [-0.15, -0.1) is 0 Å². The number of carbonyl (C=O) groups excluding carboxylic acids is 2. The molecule has 4 aliphatic rings. The largest absolute Gasteiger partial charge is 0.511 e. The summed E-state index contributed by atoms with van der Waals surface area (Å²) in [6.45, 7) is 10.0. The summed E-state index contributed by atoms with van der Waals surface area (Å²) >= 11 is 0. The van der Waals surface area contributed by atoms with E-state index in [1.165, 1.54) is 6.92 Å². The number of nitrogens with two attached hydrogens (primary N) is 1. The van der Waals surface area contributed by atoms with Gasteiger partial charge in [-0.25, -0.2) is 14.0 Å². The number of aliphatic hydroxyl groups is 2. The third-order valence-electron chi connectivity index (χ3n) is 9.61. The number of hydrogen-bond acceptors (Lipinski definition) is 9. The van der Waals surface area contributed by atoms with Crippen LogP contribution in [0.2, 0.25) is 0 Å². The highest BCUT2D eigenvalue weighted by Gasteiger charge is 2.84. The molecule has 0 heterocycles. The van der Waals surface area contributed by atoms with Crippen LogP contribution in [0.3, 0.4) is 0 Å². The van der Waals surface area contributed by atoms with Gasteiger partial charge in [-0.2, -0.15) is 0 Å². The first kappa shape index (κ1) is 25.6. The monoisotopic (exact) mass is 487 g/mol. The van der Waals surface area contributed by atoms with Gasteiger partial charge < -0.3 is 34.9 Å². The van der Waals surface area contributed by atoms with Gasteiger partial charge in [-0.1, -0.05) is 27.7 Å². The molecule has 34 heavy (non-hydrogen) atoms. The maximum Gasteiger partial charge on any atom is 0.511 e. The van der Waals surface area contributed by atoms with Gasteiger partial charge in [0, 0.05) is 30.8 Å². The number of hydrogen-bond donors (Lipinski definition) is 3. The summed E-state index contributed by atoms with van der Waals surface area (Å²) in [7, 11) is 0. The van der Waals surface area contributed by atoms with Crippen LogP contribution < -0.4 is 5.73 Å². The highest BCUT2D eigenvalue weighted by molar-refractivity contribution is 5.84. The number of halogens is 1. The van der Waals surface area contributed by atoms with Crippen molar-refractivity contribution in [1.29, 1.82) is 0 Å². The van der Waals surface area contributed by atoms with Gasteiger partial charge in [0.15, 0.2) is 12.0 Å². The Labute approximate surface area is 199 Å². The topological polar surface area (TPSA) is 138 Å². The van der Waals surface area contributed by atoms with Crippen molar-refractivity contribution in [2.45, 2.75) is 103 Å². The molecule has 10 heteroatoms. The van der Waals surface area contributed by atoms with E-state index in [1.54, 1.807) is 0 Å². The van der Waals surface area contributed by atoms with Crippen LogP contribution in [0.15, 0.2) is 0 Å². The summed E-state index contributed by atoms with van der Waals surface area (Å²) in [5.41, 5.74) is 1.90. The molecule has 4 rings (SSSR count). The minimum Gasteiger partial charge on any atom is -0.430 e. The number of rotatable bonds is 8. The van der Waals surface area contributed by atoms with Crippen molar-refractivity contribution in [2.75, 3.05) is 6.61 Å². The van der Waals surface area contributed by atoms with Gasteiger partial charge in [0.1, 0.15) is 11.6 Å². The molecule has 0 saturated heterocycles. The smallest absolute Gasteiger partial charge is 0.430 e. The summed E-state index contributed by atoms with van der Waals surface area (Å²) in [5.74, 6) is -2.56. The second-order valence-electron chi connectivity index (χ2n) is 11.4. The lowest BCUT2D eigenvalue weighted by Crippen LogP contribution is -2.62. The number of esters is 1. The summed E-state index contributed by atoms with van der Waals surface area (Å²) in [6, 6.07) is 0. The Morgan fingerprint density at radius 2 is 1.82 bits per heavy atom. The van der Waals surface area contributed by atoms with Crippen LogP contribution in [-0.4, -0.2) is 64.9 Å². The van der Waals surface area contributed by atoms with Crippen molar-refractivity contribution in [3.05, 3.63) is 0 Å². The molecule has 2 bridgehead atoms. The molecule has 4 saturated carbocycles. The molecule has 194 valence electrons. The van der Waals surface area contributed by atoms with E-state index >= 15 is 4.39 Å². The van der Waals surface area contributed by atoms with Crippen LogP contribution in [0.1, 0.15) is 66.7 Å². The van der Waals surface area contributed by atoms with Gasteiger partial charge in [0.2, 0.25) is 6.29 Å². The molecule has 4 N–H and O–H groups in total. The third-order valence-corrected chi connectivity index (χ3v) is 9.61. The van der Waals surface area contributed by atoms with E-state index < -0.39 is 53.9 Å². The van der Waals surface area contributed by atoms with Gasteiger partial charge >= 0.3 is 12.1 Å². The van der Waals surface area contributed by atoms with Crippen LogP contribution in [0.25, 0.3) is 0 Å². The molecule has 0 spiro atoms. The first-order valence-corrected chi connectivity index (χ1v) is 12.3. The molecular formula is C24H38FNO8. The lowest BCUT2D eigenvalue weighted by molar-refractivity contribution is -0.186. The summed E-state index contributed by atoms with van der Waals surface area (Å²) in [4.78, 5) is 25.6. The maximum atomic E-state index is 15.1. The van der Waals surface area contributed by atoms with E-state index in [0.717, 1.165) is 19.3 Å². The van der Waals surface area contributed by atoms with E-state index in [9.17, 15) is 19.8 Å². The zero-order valence-electron chi connectivity index (χ0n) is 20.6. The van der Waals surface area contributed by atoms with Gasteiger partial charge in [-0.3, -0.25) is 0 Å². The SMILES string of the molecule is CCCO[C@@H]1C[C@@H]2[C@H]([C@]1(N)C(=O)OC(C)OC(=O)O[C@H]1C[C@H]3CC[C@]1(C)C3(C)C)[C@@]2(F)C(O)O. The molecule has 0 radical (unpaired) electrons. The molecular weight excluding hydrogens is 449 g/mol. The van der Waals surface area contributed by atoms with E-state index in [4.69, 9.17) is 24.7 Å². The Morgan fingerprint density at radius 3 is 2.35 bits per heavy atom. The standard InChI is InChI=1S/C24H38FNO8/c1-6-9-31-16-11-14-17(23(14,25)18(27)28)24(16,26)19(29)32-12(2)33-20(30)34-15-10-13-7-8-22(15,5)21(13,3)4/h12-18,27-28H,6-11,26H2,1-5H3/t12?,13-,14-,15+,16-,17+,22+,23-,24+/m1/s1. The molecule has 4 fully saturated rings. The Morgan fingerprint density at radius 1 is 1.15 bits per heavy atom. The third kappa shape index (κ3) is 3.47. The molecule has 0 aliphatic heterocycles. The Bertz CT molecular complexity index is 838. The Hall–Kier alpha value is -1.49. The predicted molar refractivity (Wildman–Crippen MR) is 117 cm³/mol. The minimum absolute atomic E-state index is 0.0505. The molecule has 0 aromatic rings. The Kier molecular flexibility index (Phi) is 6.24. The van der Waals surface area contributed by atoms with Crippen LogP contribution in [0.4, 0.5) is 9.18 Å². The minimum atomic E-state index is -2.41. The highest BCUT2D eigenvalue weighted by Crippen LogP contribution is 2.68. The van der Waals surface area contributed by atoms with E-state index in [2.05, 4.69) is 20.8 Å². The fraction of sp³-hybridized carbons (Fsp3) is 0.917. The van der Waals surface area contributed by atoms with Crippen molar-refractivity contribution in [3.63, 3.8) is 0 Å². The number of aliphatic hydroxyl groups excluding tert-OH is 1. The fourth-order valence-corrected chi connectivity index (χ4v) is 7.03. The van der Waals surface area contributed by atoms with Crippen molar-refractivity contribution < 1.29 is 43.1 Å². The number of alkyl halides is 1. The molecule has 0 aromatic heterocycles. The van der Waals surface area contributed by atoms with Crippen molar-refractivity contribution >= 4 is 12.1 Å². The summed E-state index contributed by atoms with van der Waals surface area (Å²) < 4.78 is 36.9. The number of fused-ring (bicyclic) bond motifs is 3. The Balaban J connectivity index is 1.38. The zero-order valence-corrected chi connectivity index (χ0v) is 20.6. The highest BCUT2D eigenvalue weighted by atomic mass is 19.1. The second kappa shape index (κ2) is 8.28. The lowest BCUT2D eigenvalue weighted by Gasteiger charge is -2.38. The number of ether oxygens (including phenoxy) is 4. The van der Waals surface area contributed by atoms with Gasteiger partial charge in [0.05, 0.1) is 6.10 Å². The summed E-state index contributed by atoms with van der Waals surface area (Å²) in [5, 5.41) is 19.0. The first-order valence-electron chi connectivity index (χ1n) is 12.3. The molecule has 4 aliphatic carbocycles. The van der Waals surface area contributed by atoms with Crippen LogP contribution in [0.5, 0.6) is 0 Å². The van der Waals surface area contributed by atoms with Crippen molar-refractivity contribution in [3.8, 4) is 0 Å².